The topological polar surface area (TPSA) is 89.5 Å². The molecule has 0 saturated heterocycles. The van der Waals surface area contributed by atoms with Gasteiger partial charge in [0.15, 0.2) is 0 Å². The molecule has 0 aliphatic heterocycles. The van der Waals surface area contributed by atoms with Gasteiger partial charge in [0.05, 0.1) is 5.60 Å². The Bertz CT molecular complexity index is 1150. The molecule has 1 saturated carbocycles. The molecule has 1 fully saturated rings. The van der Waals surface area contributed by atoms with Crippen molar-refractivity contribution in [3.8, 4) is 5.75 Å². The van der Waals surface area contributed by atoms with Crippen LogP contribution in [0.3, 0.4) is 0 Å². The van der Waals surface area contributed by atoms with E-state index in [-0.39, 0.29) is 24.7 Å². The van der Waals surface area contributed by atoms with Gasteiger partial charge in [-0.2, -0.15) is 0 Å². The summed E-state index contributed by atoms with van der Waals surface area (Å²) in [6.45, 7) is 0.292. The molecule has 6 nitrogen and oxygen atoms in total. The lowest BCUT2D eigenvalue weighted by molar-refractivity contribution is -0.274. The third kappa shape index (κ3) is 5.60. The predicted molar refractivity (Wildman–Crippen MR) is 119 cm³/mol. The van der Waals surface area contributed by atoms with Gasteiger partial charge >= 0.3 is 6.36 Å². The summed E-state index contributed by atoms with van der Waals surface area (Å²) < 4.78 is 43.6. The third-order valence-corrected chi connectivity index (χ3v) is 5.99. The van der Waals surface area contributed by atoms with Gasteiger partial charge in [-0.25, -0.2) is 0 Å². The van der Waals surface area contributed by atoms with E-state index in [0.29, 0.717) is 35.3 Å². The van der Waals surface area contributed by atoms with E-state index in [1.54, 1.807) is 34.9 Å². The van der Waals surface area contributed by atoms with Crippen molar-refractivity contribution < 1.29 is 27.8 Å². The van der Waals surface area contributed by atoms with Gasteiger partial charge in [-0.15, -0.1) is 13.2 Å². The first-order chi connectivity index (χ1) is 15.6. The Morgan fingerprint density at radius 2 is 1.88 bits per heavy atom. The number of nitrogen functional groups attached to an aromatic ring is 1. The van der Waals surface area contributed by atoms with E-state index in [2.05, 4.69) is 10.1 Å². The van der Waals surface area contributed by atoms with Crippen LogP contribution in [0.15, 0.2) is 48.5 Å². The summed E-state index contributed by atoms with van der Waals surface area (Å²) in [5, 5.41) is 14.3. The van der Waals surface area contributed by atoms with Crippen molar-refractivity contribution in [3.63, 3.8) is 0 Å². The molecule has 0 unspecified atom stereocenters. The summed E-state index contributed by atoms with van der Waals surface area (Å²) >= 11 is 0. The number of rotatable bonds is 6. The fourth-order valence-electron chi connectivity index (χ4n) is 4.39. The highest BCUT2D eigenvalue weighted by Crippen LogP contribution is 2.29. The molecule has 176 valence electrons. The fourth-order valence-corrected chi connectivity index (χ4v) is 4.39. The van der Waals surface area contributed by atoms with Gasteiger partial charge in [-0.3, -0.25) is 4.79 Å². The number of ether oxygens (including phenoxy) is 1. The standard InChI is InChI=1S/C24H26F3N3O3/c25-24(26,27)33-19-6-4-5-16(11-19)14-30-20-8-7-18(28)12-17(20)13-21(30)22(31)29-15-23(32)9-2-1-3-10-23/h4-8,11-13,32H,1-3,9-10,14-15,28H2,(H,29,31). The number of nitrogens with one attached hydrogen (secondary N) is 1. The number of benzene rings is 2. The minimum absolute atomic E-state index is 0.143. The van der Waals surface area contributed by atoms with Crippen molar-refractivity contribution in [1.82, 2.24) is 9.88 Å². The minimum atomic E-state index is -4.79. The number of halogens is 3. The van der Waals surface area contributed by atoms with Crippen molar-refractivity contribution in [2.75, 3.05) is 12.3 Å². The summed E-state index contributed by atoms with van der Waals surface area (Å²) in [5.74, 6) is -0.697. The zero-order valence-corrected chi connectivity index (χ0v) is 18.0. The number of aliphatic hydroxyl groups is 1. The number of carbonyl (C=O) groups excluding carboxylic acids is 1. The molecule has 9 heteroatoms. The summed E-state index contributed by atoms with van der Waals surface area (Å²) in [7, 11) is 0. The highest BCUT2D eigenvalue weighted by atomic mass is 19.4. The summed E-state index contributed by atoms with van der Waals surface area (Å²) in [6, 6.07) is 12.6. The third-order valence-electron chi connectivity index (χ3n) is 5.99. The van der Waals surface area contributed by atoms with E-state index in [4.69, 9.17) is 5.73 Å². The number of alkyl halides is 3. The van der Waals surface area contributed by atoms with Crippen LogP contribution in [0.4, 0.5) is 18.9 Å². The first-order valence-electron chi connectivity index (χ1n) is 10.9. The molecule has 1 heterocycles. The SMILES string of the molecule is Nc1ccc2c(c1)cc(C(=O)NCC1(O)CCCCC1)n2Cc1cccc(OC(F)(F)F)c1. The van der Waals surface area contributed by atoms with E-state index in [0.717, 1.165) is 24.6 Å². The van der Waals surface area contributed by atoms with Crippen molar-refractivity contribution in [3.05, 3.63) is 59.8 Å². The van der Waals surface area contributed by atoms with Crippen LogP contribution >= 0.6 is 0 Å². The Labute approximate surface area is 189 Å². The fraction of sp³-hybridized carbons (Fsp3) is 0.375. The van der Waals surface area contributed by atoms with Gasteiger partial charge in [0.25, 0.3) is 5.91 Å². The maximum absolute atomic E-state index is 13.1. The van der Waals surface area contributed by atoms with Crippen LogP contribution in [0.5, 0.6) is 5.75 Å². The molecular weight excluding hydrogens is 435 g/mol. The van der Waals surface area contributed by atoms with Crippen LogP contribution in [0, 0.1) is 0 Å². The van der Waals surface area contributed by atoms with E-state index >= 15 is 0 Å². The molecule has 1 aromatic heterocycles. The zero-order chi connectivity index (χ0) is 23.6. The van der Waals surface area contributed by atoms with Gasteiger partial charge in [0.1, 0.15) is 11.4 Å². The number of amides is 1. The molecule has 33 heavy (non-hydrogen) atoms. The second kappa shape index (κ2) is 8.97. The highest BCUT2D eigenvalue weighted by molar-refractivity contribution is 5.99. The van der Waals surface area contributed by atoms with Gasteiger partial charge in [-0.05, 0) is 54.8 Å². The summed E-state index contributed by atoms with van der Waals surface area (Å²) in [4.78, 5) is 13.1. The van der Waals surface area contributed by atoms with Gasteiger partial charge in [-0.1, -0.05) is 31.4 Å². The highest BCUT2D eigenvalue weighted by Gasteiger charge is 2.31. The summed E-state index contributed by atoms with van der Waals surface area (Å²) in [5.41, 5.74) is 7.09. The average Bonchev–Trinajstić information content (AvgIpc) is 3.09. The van der Waals surface area contributed by atoms with Gasteiger partial charge in [0.2, 0.25) is 0 Å². The first kappa shape index (κ1) is 23.0. The molecule has 4 N–H and O–H groups in total. The minimum Gasteiger partial charge on any atom is -0.406 e. The summed E-state index contributed by atoms with van der Waals surface area (Å²) in [6.07, 6.45) is -0.605. The number of anilines is 1. The van der Waals surface area contributed by atoms with Gasteiger partial charge < -0.3 is 25.5 Å². The van der Waals surface area contributed by atoms with Crippen LogP contribution in [0.2, 0.25) is 0 Å². The van der Waals surface area contributed by atoms with Crippen LogP contribution < -0.4 is 15.8 Å². The largest absolute Gasteiger partial charge is 0.573 e. The number of fused-ring (bicyclic) bond motifs is 1. The lowest BCUT2D eigenvalue weighted by Gasteiger charge is -2.32. The van der Waals surface area contributed by atoms with E-state index in [9.17, 15) is 23.1 Å². The maximum atomic E-state index is 13.1. The molecule has 3 aromatic rings. The molecule has 0 bridgehead atoms. The molecule has 0 radical (unpaired) electrons. The van der Waals surface area contributed by atoms with Crippen molar-refractivity contribution in [2.45, 2.75) is 50.6 Å². The van der Waals surface area contributed by atoms with E-state index in [1.807, 2.05) is 0 Å². The second-order valence-corrected chi connectivity index (χ2v) is 8.60. The normalized spacial score (nSPS) is 16.0. The van der Waals surface area contributed by atoms with Crippen molar-refractivity contribution >= 4 is 22.5 Å². The molecule has 1 aliphatic carbocycles. The van der Waals surface area contributed by atoms with Crippen LogP contribution in [-0.4, -0.2) is 34.1 Å². The molecule has 1 amide bonds. The Kier molecular flexibility index (Phi) is 6.25. The van der Waals surface area contributed by atoms with E-state index in [1.165, 1.54) is 18.2 Å². The number of aromatic nitrogens is 1. The monoisotopic (exact) mass is 461 g/mol. The lowest BCUT2D eigenvalue weighted by atomic mass is 9.85. The zero-order valence-electron chi connectivity index (χ0n) is 18.0. The van der Waals surface area contributed by atoms with Crippen molar-refractivity contribution in [1.29, 1.82) is 0 Å². The Balaban J connectivity index is 1.62. The maximum Gasteiger partial charge on any atom is 0.573 e. The quantitative estimate of drug-likeness (QED) is 0.468. The van der Waals surface area contributed by atoms with Crippen LogP contribution in [0.1, 0.15) is 48.2 Å². The smallest absolute Gasteiger partial charge is 0.406 e. The van der Waals surface area contributed by atoms with Gasteiger partial charge in [0, 0.05) is 29.7 Å². The molecule has 0 spiro atoms. The molecule has 2 aromatic carbocycles. The van der Waals surface area contributed by atoms with Crippen LogP contribution in [-0.2, 0) is 6.54 Å². The molecule has 1 aliphatic rings. The first-order valence-corrected chi connectivity index (χ1v) is 10.9. The Morgan fingerprint density at radius 1 is 1.12 bits per heavy atom. The van der Waals surface area contributed by atoms with Crippen molar-refractivity contribution in [2.24, 2.45) is 0 Å². The second-order valence-electron chi connectivity index (χ2n) is 8.60. The predicted octanol–water partition coefficient (Wildman–Crippen LogP) is 4.60. The average molecular weight is 461 g/mol. The molecular formula is C24H26F3N3O3. The molecule has 4 rings (SSSR count). The lowest BCUT2D eigenvalue weighted by Crippen LogP contribution is -2.44. The number of nitrogens with two attached hydrogens (primary N) is 1. The Morgan fingerprint density at radius 3 is 2.61 bits per heavy atom. The van der Waals surface area contributed by atoms with Crippen LogP contribution in [0.25, 0.3) is 10.9 Å². The molecule has 0 atom stereocenters. The number of nitrogens with zero attached hydrogens (tertiary/aromatic N) is 1. The number of carbonyl (C=O) groups is 1. The van der Waals surface area contributed by atoms with E-state index < -0.39 is 12.0 Å². The Hall–Kier alpha value is -3.20. The number of hydrogen-bond donors (Lipinski definition) is 3. The number of hydrogen-bond acceptors (Lipinski definition) is 4.